The number of rotatable bonds is 6. The molecule has 8 nitrogen and oxygen atoms in total. The molecular formula is C22H21N3O5. The van der Waals surface area contributed by atoms with E-state index >= 15 is 0 Å². The van der Waals surface area contributed by atoms with E-state index in [4.69, 9.17) is 14.6 Å². The van der Waals surface area contributed by atoms with Gasteiger partial charge in [0.2, 0.25) is 5.91 Å². The number of hydrogen-bond donors (Lipinski definition) is 2. The average Bonchev–Trinajstić information content (AvgIpc) is 3.56. The second-order valence-electron chi connectivity index (χ2n) is 7.46. The number of amides is 1. The number of carboxylic acid groups (broad SMARTS) is 1. The van der Waals surface area contributed by atoms with Crippen LogP contribution in [-0.2, 0) is 14.3 Å². The molecule has 1 aliphatic carbocycles. The van der Waals surface area contributed by atoms with Gasteiger partial charge in [-0.2, -0.15) is 5.26 Å². The van der Waals surface area contributed by atoms with Crippen LogP contribution in [0.1, 0.15) is 24.8 Å². The third kappa shape index (κ3) is 4.42. The molecule has 2 aromatic rings. The number of carboxylic acids is 1. The van der Waals surface area contributed by atoms with Crippen LogP contribution in [0.25, 0.3) is 11.1 Å². The summed E-state index contributed by atoms with van der Waals surface area (Å²) in [6, 6.07) is 11.1. The Labute approximate surface area is 173 Å². The van der Waals surface area contributed by atoms with E-state index in [1.54, 1.807) is 30.5 Å². The average molecular weight is 407 g/mol. The summed E-state index contributed by atoms with van der Waals surface area (Å²) in [5.41, 5.74) is 2.00. The van der Waals surface area contributed by atoms with Gasteiger partial charge in [0.15, 0.2) is 0 Å². The smallest absolute Gasteiger partial charge is 0.307 e. The van der Waals surface area contributed by atoms with Crippen molar-refractivity contribution in [3.05, 3.63) is 42.1 Å². The minimum Gasteiger partial charge on any atom is -0.489 e. The standard InChI is InChI=1S/C22H21N3O5/c23-12-15-9-13(1-2-19(15)30-16-4-7-29-8-5-16)14-3-6-24-20(10-14)25-21(26)17-11-18(17)22(27)28/h1-3,6,9-10,16-18H,4-5,7-8,11H2,(H,27,28)(H,24,25,26)/t17?,18-/m0/s1. The Morgan fingerprint density at radius 3 is 2.63 bits per heavy atom. The SMILES string of the molecule is N#Cc1cc(-c2ccnc(NC(=O)C3C[C@@H]3C(=O)O)c2)ccc1OC1CCOCC1. The fourth-order valence-electron chi connectivity index (χ4n) is 3.53. The summed E-state index contributed by atoms with van der Waals surface area (Å²) in [5, 5.41) is 21.2. The minimum absolute atomic E-state index is 0.0384. The number of pyridine rings is 1. The van der Waals surface area contributed by atoms with Gasteiger partial charge >= 0.3 is 5.97 Å². The molecule has 0 radical (unpaired) electrons. The molecule has 1 aliphatic heterocycles. The first-order chi connectivity index (χ1) is 14.5. The summed E-state index contributed by atoms with van der Waals surface area (Å²) >= 11 is 0. The molecule has 30 heavy (non-hydrogen) atoms. The highest BCUT2D eigenvalue weighted by Crippen LogP contribution is 2.39. The third-order valence-corrected chi connectivity index (χ3v) is 5.35. The zero-order valence-electron chi connectivity index (χ0n) is 16.2. The summed E-state index contributed by atoms with van der Waals surface area (Å²) < 4.78 is 11.3. The van der Waals surface area contributed by atoms with Crippen LogP contribution in [-0.4, -0.2) is 41.3 Å². The fraction of sp³-hybridized carbons (Fsp3) is 0.364. The van der Waals surface area contributed by atoms with E-state index in [1.165, 1.54) is 0 Å². The van der Waals surface area contributed by atoms with Crippen molar-refractivity contribution < 1.29 is 24.2 Å². The molecule has 154 valence electrons. The van der Waals surface area contributed by atoms with Crippen LogP contribution in [0.2, 0.25) is 0 Å². The van der Waals surface area contributed by atoms with E-state index in [0.29, 0.717) is 36.8 Å². The maximum atomic E-state index is 12.2. The number of ether oxygens (including phenoxy) is 2. The minimum atomic E-state index is -0.955. The van der Waals surface area contributed by atoms with Crippen LogP contribution < -0.4 is 10.1 Å². The van der Waals surface area contributed by atoms with Gasteiger partial charge in [0.05, 0.1) is 30.6 Å². The number of nitrogens with one attached hydrogen (secondary N) is 1. The largest absolute Gasteiger partial charge is 0.489 e. The Hall–Kier alpha value is -3.44. The molecule has 1 saturated heterocycles. The van der Waals surface area contributed by atoms with Gasteiger partial charge in [-0.05, 0) is 41.8 Å². The van der Waals surface area contributed by atoms with Gasteiger partial charge in [0.1, 0.15) is 23.7 Å². The molecule has 1 saturated carbocycles. The lowest BCUT2D eigenvalue weighted by Crippen LogP contribution is -2.26. The molecule has 4 rings (SSSR count). The quantitative estimate of drug-likeness (QED) is 0.755. The van der Waals surface area contributed by atoms with Crippen LogP contribution in [0.4, 0.5) is 5.82 Å². The van der Waals surface area contributed by atoms with Gasteiger partial charge in [0, 0.05) is 19.0 Å². The van der Waals surface area contributed by atoms with Gasteiger partial charge in [-0.3, -0.25) is 9.59 Å². The van der Waals surface area contributed by atoms with Crippen LogP contribution >= 0.6 is 0 Å². The summed E-state index contributed by atoms with van der Waals surface area (Å²) in [4.78, 5) is 27.3. The molecule has 1 unspecified atom stereocenters. The van der Waals surface area contributed by atoms with E-state index in [-0.39, 0.29) is 12.0 Å². The lowest BCUT2D eigenvalue weighted by Gasteiger charge is -2.23. The van der Waals surface area contributed by atoms with Gasteiger partial charge in [0.25, 0.3) is 0 Å². The van der Waals surface area contributed by atoms with Crippen LogP contribution in [0, 0.1) is 23.2 Å². The lowest BCUT2D eigenvalue weighted by atomic mass is 10.0. The number of carbonyl (C=O) groups excluding carboxylic acids is 1. The topological polar surface area (TPSA) is 122 Å². The van der Waals surface area contributed by atoms with Crippen molar-refractivity contribution in [1.82, 2.24) is 4.98 Å². The number of aliphatic carboxylic acids is 1. The lowest BCUT2D eigenvalue weighted by molar-refractivity contribution is -0.139. The zero-order chi connectivity index (χ0) is 21.1. The fourth-order valence-corrected chi connectivity index (χ4v) is 3.53. The number of benzene rings is 1. The van der Waals surface area contributed by atoms with E-state index in [0.717, 1.165) is 24.0 Å². The van der Waals surface area contributed by atoms with Crippen molar-refractivity contribution in [3.8, 4) is 22.9 Å². The number of hydrogen-bond acceptors (Lipinski definition) is 6. The van der Waals surface area contributed by atoms with Crippen LogP contribution in [0.3, 0.4) is 0 Å². The molecule has 2 heterocycles. The molecule has 8 heteroatoms. The Morgan fingerprint density at radius 2 is 1.93 bits per heavy atom. The van der Waals surface area contributed by atoms with Crippen molar-refractivity contribution in [2.75, 3.05) is 18.5 Å². The molecule has 0 bridgehead atoms. The first-order valence-corrected chi connectivity index (χ1v) is 9.84. The van der Waals surface area contributed by atoms with Gasteiger partial charge in [-0.1, -0.05) is 6.07 Å². The predicted molar refractivity (Wildman–Crippen MR) is 107 cm³/mol. The van der Waals surface area contributed by atoms with E-state index < -0.39 is 17.8 Å². The Morgan fingerprint density at radius 1 is 1.17 bits per heavy atom. The molecule has 2 aliphatic rings. The van der Waals surface area contributed by atoms with Gasteiger partial charge < -0.3 is 19.9 Å². The first kappa shape index (κ1) is 19.9. The summed E-state index contributed by atoms with van der Waals surface area (Å²) in [7, 11) is 0. The summed E-state index contributed by atoms with van der Waals surface area (Å²) in [6.45, 7) is 1.31. The zero-order valence-corrected chi connectivity index (χ0v) is 16.2. The molecular weight excluding hydrogens is 386 g/mol. The van der Waals surface area contributed by atoms with Crippen molar-refractivity contribution in [2.45, 2.75) is 25.4 Å². The van der Waals surface area contributed by atoms with Gasteiger partial charge in [-0.15, -0.1) is 0 Å². The Balaban J connectivity index is 1.48. The van der Waals surface area contributed by atoms with Crippen molar-refractivity contribution in [3.63, 3.8) is 0 Å². The van der Waals surface area contributed by atoms with Gasteiger partial charge in [-0.25, -0.2) is 4.98 Å². The highest BCUT2D eigenvalue weighted by atomic mass is 16.5. The monoisotopic (exact) mass is 407 g/mol. The Bertz CT molecular complexity index is 1010. The first-order valence-electron chi connectivity index (χ1n) is 9.84. The Kier molecular flexibility index (Phi) is 5.63. The number of carbonyl (C=O) groups is 2. The predicted octanol–water partition coefficient (Wildman–Crippen LogP) is 2.84. The van der Waals surface area contributed by atoms with E-state index in [9.17, 15) is 14.9 Å². The van der Waals surface area contributed by atoms with E-state index in [2.05, 4.69) is 16.4 Å². The maximum Gasteiger partial charge on any atom is 0.307 e. The summed E-state index contributed by atoms with van der Waals surface area (Å²) in [6.07, 6.45) is 3.54. The molecule has 2 atom stereocenters. The van der Waals surface area contributed by atoms with E-state index in [1.807, 2.05) is 6.07 Å². The molecule has 2 fully saturated rings. The molecule has 1 aromatic heterocycles. The maximum absolute atomic E-state index is 12.2. The summed E-state index contributed by atoms with van der Waals surface area (Å²) in [5.74, 6) is -1.54. The van der Waals surface area contributed by atoms with Crippen molar-refractivity contribution in [2.24, 2.45) is 11.8 Å². The third-order valence-electron chi connectivity index (χ3n) is 5.35. The highest BCUT2D eigenvalue weighted by molar-refractivity contribution is 5.98. The molecule has 1 aromatic carbocycles. The normalized spacial score (nSPS) is 20.8. The van der Waals surface area contributed by atoms with Crippen molar-refractivity contribution in [1.29, 1.82) is 5.26 Å². The molecule has 0 spiro atoms. The molecule has 2 N–H and O–H groups in total. The number of nitrogens with zero attached hydrogens (tertiary/aromatic N) is 2. The number of anilines is 1. The highest BCUT2D eigenvalue weighted by Gasteiger charge is 2.48. The second kappa shape index (κ2) is 8.51. The van der Waals surface area contributed by atoms with Crippen LogP contribution in [0.15, 0.2) is 36.5 Å². The number of aromatic nitrogens is 1. The van der Waals surface area contributed by atoms with Crippen LogP contribution in [0.5, 0.6) is 5.75 Å². The number of nitriles is 1. The van der Waals surface area contributed by atoms with Crippen molar-refractivity contribution >= 4 is 17.7 Å². The molecule has 1 amide bonds. The second-order valence-corrected chi connectivity index (χ2v) is 7.46.